The molecule has 2 aromatic heterocycles. The van der Waals surface area contributed by atoms with Crippen LogP contribution in [0.2, 0.25) is 0 Å². The van der Waals surface area contributed by atoms with E-state index >= 15 is 0 Å². The van der Waals surface area contributed by atoms with Gasteiger partial charge in [-0.3, -0.25) is 5.43 Å². The van der Waals surface area contributed by atoms with E-state index in [0.29, 0.717) is 14.8 Å². The number of para-hydroxylation sites is 1. The fourth-order valence-electron chi connectivity index (χ4n) is 2.86. The molecule has 6 nitrogen and oxygen atoms in total. The number of fused-ring (bicyclic) bond motifs is 1. The number of nitrogens with one attached hydrogen (secondary N) is 3. The first-order chi connectivity index (χ1) is 15.1. The van der Waals surface area contributed by atoms with Crippen molar-refractivity contribution in [3.05, 3.63) is 79.5 Å². The van der Waals surface area contributed by atoms with Crippen molar-refractivity contribution in [2.75, 3.05) is 10.7 Å². The van der Waals surface area contributed by atoms with Gasteiger partial charge in [-0.1, -0.05) is 29.5 Å². The molecule has 0 amide bonds. The van der Waals surface area contributed by atoms with Gasteiger partial charge in [0.05, 0.1) is 16.3 Å². The highest BCUT2D eigenvalue weighted by Crippen LogP contribution is 2.25. The first-order valence-corrected chi connectivity index (χ1v) is 12.0. The molecule has 0 saturated carbocycles. The maximum Gasteiger partial charge on any atom is 0.212 e. The van der Waals surface area contributed by atoms with Crippen LogP contribution in [-0.2, 0) is 0 Å². The Kier molecular flexibility index (Phi) is 5.60. The van der Waals surface area contributed by atoms with Gasteiger partial charge in [0.1, 0.15) is 4.67 Å². The normalized spacial score (nSPS) is 14.5. The Balaban J connectivity index is 1.27. The molecule has 3 heterocycles. The summed E-state index contributed by atoms with van der Waals surface area (Å²) in [6.07, 6.45) is 1.88. The van der Waals surface area contributed by atoms with Crippen LogP contribution in [0.15, 0.2) is 75.7 Å². The maximum atomic E-state index is 9.89. The zero-order valence-electron chi connectivity index (χ0n) is 15.8. The lowest BCUT2D eigenvalue weighted by Crippen LogP contribution is -1.97. The summed E-state index contributed by atoms with van der Waals surface area (Å²) >= 11 is 9.27. The number of nitrogens with zero attached hydrogens (tertiary/aromatic N) is 2. The smallest absolute Gasteiger partial charge is 0.212 e. The van der Waals surface area contributed by atoms with Crippen LogP contribution in [0.25, 0.3) is 6.08 Å². The highest BCUT2D eigenvalue weighted by atomic mass is 32.2. The van der Waals surface area contributed by atoms with Gasteiger partial charge in [-0.05, 0) is 72.5 Å². The quantitative estimate of drug-likeness (QED) is 0.231. The molecule has 154 valence electrons. The molecule has 1 aliphatic rings. The minimum atomic E-state index is 0.194. The third-order valence-corrected chi connectivity index (χ3v) is 7.32. The molecule has 0 unspecified atom stereocenters. The van der Waals surface area contributed by atoms with E-state index in [9.17, 15) is 5.11 Å². The predicted octanol–water partition coefficient (Wildman–Crippen LogP) is 5.25. The summed E-state index contributed by atoms with van der Waals surface area (Å²) < 4.78 is 2.46. The van der Waals surface area contributed by atoms with Crippen molar-refractivity contribution in [3.63, 3.8) is 0 Å². The van der Waals surface area contributed by atoms with Gasteiger partial charge in [-0.25, -0.2) is 4.99 Å². The second kappa shape index (κ2) is 8.67. The SMILES string of the molecule is Oc1sc(=S)[nH]c1C=c1cc2c(s1)=NC(=NNc1ccc(Nc3ccccc3)cc1)S2. The van der Waals surface area contributed by atoms with Crippen LogP contribution in [0.1, 0.15) is 5.69 Å². The standard InChI is InChI=1S/C21H15N5OS4/c27-19-16(23-21(28)31-19)10-15-11-17-18(29-15)24-20(30-17)26-25-14-8-6-13(7-9-14)22-12-4-2-1-3-5-12/h1-11,22,25,27H,(H,23,28). The number of aromatic amines is 1. The molecule has 5 rings (SSSR count). The lowest BCUT2D eigenvalue weighted by atomic mass is 10.2. The van der Waals surface area contributed by atoms with E-state index in [1.54, 1.807) is 11.3 Å². The number of anilines is 3. The van der Waals surface area contributed by atoms with Crippen LogP contribution in [0.5, 0.6) is 5.06 Å². The fourth-order valence-corrected chi connectivity index (χ4v) is 5.76. The molecule has 31 heavy (non-hydrogen) atoms. The number of rotatable bonds is 5. The fraction of sp³-hybridized carbons (Fsp3) is 0. The zero-order valence-corrected chi connectivity index (χ0v) is 19.1. The van der Waals surface area contributed by atoms with E-state index in [1.165, 1.54) is 11.8 Å². The summed E-state index contributed by atoms with van der Waals surface area (Å²) in [5.41, 5.74) is 6.62. The molecule has 4 aromatic rings. The molecule has 1 aliphatic heterocycles. The van der Waals surface area contributed by atoms with Crippen LogP contribution in [0.4, 0.5) is 17.1 Å². The van der Waals surface area contributed by atoms with Crippen molar-refractivity contribution >= 4 is 75.0 Å². The summed E-state index contributed by atoms with van der Waals surface area (Å²) in [4.78, 5) is 8.61. The Morgan fingerprint density at radius 2 is 1.74 bits per heavy atom. The van der Waals surface area contributed by atoms with Gasteiger partial charge < -0.3 is 15.4 Å². The number of thiophene rings is 1. The van der Waals surface area contributed by atoms with Crippen LogP contribution in [0.3, 0.4) is 0 Å². The Hall–Kier alpha value is -2.92. The Morgan fingerprint density at radius 1 is 1.00 bits per heavy atom. The lowest BCUT2D eigenvalue weighted by Gasteiger charge is -2.07. The van der Waals surface area contributed by atoms with Crippen LogP contribution in [0, 0.1) is 3.95 Å². The summed E-state index contributed by atoms with van der Waals surface area (Å²) in [5, 5.41) is 18.5. The Bertz CT molecular complexity index is 1440. The molecule has 0 spiro atoms. The number of hydrogen-bond donors (Lipinski definition) is 4. The Labute approximate surface area is 194 Å². The van der Waals surface area contributed by atoms with Gasteiger partial charge >= 0.3 is 0 Å². The van der Waals surface area contributed by atoms with Gasteiger partial charge in [0.25, 0.3) is 0 Å². The molecule has 0 aliphatic carbocycles. The van der Waals surface area contributed by atoms with Crippen molar-refractivity contribution in [2.24, 2.45) is 10.1 Å². The molecule has 0 fully saturated rings. The average Bonchev–Trinajstić information content (AvgIpc) is 3.41. The molecule has 0 saturated heterocycles. The van der Waals surface area contributed by atoms with Gasteiger partial charge in [-0.2, -0.15) is 0 Å². The first kappa shape index (κ1) is 20.0. The second-order valence-electron chi connectivity index (χ2n) is 6.48. The highest BCUT2D eigenvalue weighted by molar-refractivity contribution is 8.14. The number of hydrogen-bond acceptors (Lipinski definition) is 8. The molecule has 4 N–H and O–H groups in total. The van der Waals surface area contributed by atoms with Gasteiger partial charge in [0.2, 0.25) is 5.17 Å². The van der Waals surface area contributed by atoms with E-state index in [-0.39, 0.29) is 5.06 Å². The number of aromatic hydroxyl groups is 1. The summed E-state index contributed by atoms with van der Waals surface area (Å²) in [6.45, 7) is 0. The van der Waals surface area contributed by atoms with Crippen LogP contribution in [-0.4, -0.2) is 15.3 Å². The number of H-pyrrole nitrogens is 1. The lowest BCUT2D eigenvalue weighted by molar-refractivity contribution is 0.488. The van der Waals surface area contributed by atoms with E-state index in [2.05, 4.69) is 25.8 Å². The van der Waals surface area contributed by atoms with Crippen LogP contribution < -0.4 is 19.9 Å². The summed E-state index contributed by atoms with van der Waals surface area (Å²) in [6, 6.07) is 20.0. The largest absolute Gasteiger partial charge is 0.498 e. The molecule has 2 aromatic carbocycles. The van der Waals surface area contributed by atoms with Crippen molar-refractivity contribution in [3.8, 4) is 5.06 Å². The molecule has 0 atom stereocenters. The number of amidine groups is 1. The second-order valence-corrected chi connectivity index (χ2v) is 10.2. The summed E-state index contributed by atoms with van der Waals surface area (Å²) in [7, 11) is 0. The molecule has 0 radical (unpaired) electrons. The topological polar surface area (TPSA) is 84.8 Å². The van der Waals surface area contributed by atoms with E-state index in [1.807, 2.05) is 66.7 Å². The molecule has 0 bridgehead atoms. The van der Waals surface area contributed by atoms with Crippen LogP contribution >= 0.6 is 46.7 Å². The minimum Gasteiger partial charge on any atom is -0.498 e. The highest BCUT2D eigenvalue weighted by Gasteiger charge is 2.14. The number of hydrazone groups is 1. The van der Waals surface area contributed by atoms with Gasteiger partial charge in [0.15, 0.2) is 9.02 Å². The van der Waals surface area contributed by atoms with Crippen molar-refractivity contribution in [1.82, 2.24) is 4.98 Å². The average molecular weight is 482 g/mol. The zero-order chi connectivity index (χ0) is 21.2. The third kappa shape index (κ3) is 4.72. The number of thiazole rings is 1. The number of benzene rings is 2. The minimum absolute atomic E-state index is 0.194. The third-order valence-electron chi connectivity index (χ3n) is 4.27. The van der Waals surface area contributed by atoms with E-state index in [4.69, 9.17) is 12.2 Å². The monoisotopic (exact) mass is 481 g/mol. The number of thioether (sulfide) groups is 1. The molecule has 10 heteroatoms. The molecular formula is C21H15N5OS4. The number of aromatic nitrogens is 1. The van der Waals surface area contributed by atoms with E-state index < -0.39 is 0 Å². The maximum absolute atomic E-state index is 9.89. The summed E-state index contributed by atoms with van der Waals surface area (Å²) in [5.74, 6) is 0. The van der Waals surface area contributed by atoms with Crippen molar-refractivity contribution < 1.29 is 5.11 Å². The van der Waals surface area contributed by atoms with Gasteiger partial charge in [-0.15, -0.1) is 16.4 Å². The van der Waals surface area contributed by atoms with Gasteiger partial charge in [0, 0.05) is 15.9 Å². The predicted molar refractivity (Wildman–Crippen MR) is 133 cm³/mol. The van der Waals surface area contributed by atoms with Crippen molar-refractivity contribution in [2.45, 2.75) is 4.90 Å². The Morgan fingerprint density at radius 3 is 2.45 bits per heavy atom. The first-order valence-electron chi connectivity index (χ1n) is 9.18. The molecular weight excluding hydrogens is 467 g/mol. The van der Waals surface area contributed by atoms with E-state index in [0.717, 1.165) is 42.5 Å². The van der Waals surface area contributed by atoms with Crippen molar-refractivity contribution in [1.29, 1.82) is 0 Å².